The number of rotatable bonds is 1. The maximum absolute atomic E-state index is 11.5. The van der Waals surface area contributed by atoms with Crippen LogP contribution in [0.25, 0.3) is 0 Å². The van der Waals surface area contributed by atoms with Gasteiger partial charge in [0.05, 0.1) is 0 Å². The molecule has 1 N–H and O–H groups in total. The fourth-order valence-electron chi connectivity index (χ4n) is 0.840. The number of anilines is 1. The Morgan fingerprint density at radius 1 is 1.23 bits per heavy atom. The zero-order valence-corrected chi connectivity index (χ0v) is 8.29. The second kappa shape index (κ2) is 3.60. The monoisotopic (exact) mass is 179 g/mol. The highest BCUT2D eigenvalue weighted by atomic mass is 16.2. The van der Waals surface area contributed by atoms with Gasteiger partial charge in [-0.2, -0.15) is 0 Å². The van der Waals surface area contributed by atoms with Crippen LogP contribution in [0.5, 0.6) is 0 Å². The van der Waals surface area contributed by atoms with E-state index in [0.717, 1.165) is 5.69 Å². The highest BCUT2D eigenvalue weighted by Crippen LogP contribution is 2.16. The van der Waals surface area contributed by atoms with Crippen LogP contribution in [-0.2, 0) is 4.79 Å². The smallest absolute Gasteiger partial charge is 0.229 e. The molecule has 2 nitrogen and oxygen atoms in total. The molecule has 0 radical (unpaired) electrons. The van der Waals surface area contributed by atoms with E-state index in [2.05, 4.69) is 5.32 Å². The van der Waals surface area contributed by atoms with E-state index >= 15 is 0 Å². The summed E-state index contributed by atoms with van der Waals surface area (Å²) in [7, 11) is 0. The second-order valence-electron chi connectivity index (χ2n) is 4.07. The highest BCUT2D eigenvalue weighted by Gasteiger charge is 2.20. The summed E-state index contributed by atoms with van der Waals surface area (Å²) in [4.78, 5) is 11.5. The van der Waals surface area contributed by atoms with Crippen LogP contribution >= 0.6 is 0 Å². The van der Waals surface area contributed by atoms with Crippen LogP contribution in [0.15, 0.2) is 30.3 Å². The van der Waals surface area contributed by atoms with Crippen LogP contribution in [0.4, 0.5) is 5.69 Å². The lowest BCUT2D eigenvalue weighted by Gasteiger charge is -2.17. The van der Waals surface area contributed by atoms with Gasteiger partial charge in [-0.05, 0) is 12.1 Å². The first-order valence-corrected chi connectivity index (χ1v) is 4.36. The number of nitrogens with one attached hydrogen (secondary N) is 1. The van der Waals surface area contributed by atoms with Gasteiger partial charge in [0, 0.05) is 12.5 Å². The Bertz CT molecular complexity index is 290. The summed E-state index contributed by atoms with van der Waals surface area (Å²) in [6, 6.07) is 9.48. The summed E-state index contributed by atoms with van der Waals surface area (Å²) in [6.07, 6.45) is 0. The zero-order valence-electron chi connectivity index (χ0n) is 8.29. The molecule has 72 valence electrons. The van der Waals surface area contributed by atoms with Crippen molar-refractivity contribution < 1.29 is 6.22 Å². The average Bonchev–Trinajstić information content (AvgIpc) is 2.04. The van der Waals surface area contributed by atoms with E-state index in [1.807, 2.05) is 51.1 Å². The molecule has 1 aromatic carbocycles. The van der Waals surface area contributed by atoms with E-state index in [9.17, 15) is 4.79 Å². The molecule has 1 aromatic rings. The maximum Gasteiger partial charge on any atom is 0.229 e. The minimum absolute atomic E-state index is 0. The number of para-hydroxylation sites is 1. The van der Waals surface area contributed by atoms with Crippen molar-refractivity contribution in [1.82, 2.24) is 0 Å². The Morgan fingerprint density at radius 2 is 1.77 bits per heavy atom. The SMILES string of the molecule is CC(C)(C)C(=O)Nc1ccccc1.[HH]. The molecule has 0 saturated heterocycles. The number of hydrogen-bond acceptors (Lipinski definition) is 1. The van der Waals surface area contributed by atoms with Crippen molar-refractivity contribution in [1.29, 1.82) is 0 Å². The molecule has 0 heterocycles. The maximum atomic E-state index is 11.5. The van der Waals surface area contributed by atoms with Crippen LogP contribution in [0, 0.1) is 5.41 Å². The van der Waals surface area contributed by atoms with E-state index in [1.165, 1.54) is 0 Å². The third-order valence-electron chi connectivity index (χ3n) is 1.71. The summed E-state index contributed by atoms with van der Waals surface area (Å²) in [5, 5.41) is 2.84. The van der Waals surface area contributed by atoms with Gasteiger partial charge in [-0.15, -0.1) is 0 Å². The van der Waals surface area contributed by atoms with Gasteiger partial charge in [-0.3, -0.25) is 4.79 Å². The molecule has 0 aliphatic heterocycles. The fourth-order valence-corrected chi connectivity index (χ4v) is 0.840. The van der Waals surface area contributed by atoms with Crippen molar-refractivity contribution in [3.63, 3.8) is 0 Å². The van der Waals surface area contributed by atoms with Gasteiger partial charge in [0.1, 0.15) is 0 Å². The third-order valence-corrected chi connectivity index (χ3v) is 1.71. The summed E-state index contributed by atoms with van der Waals surface area (Å²) < 4.78 is 0. The Kier molecular flexibility index (Phi) is 2.71. The average molecular weight is 179 g/mol. The predicted molar refractivity (Wildman–Crippen MR) is 56.6 cm³/mol. The topological polar surface area (TPSA) is 29.1 Å². The van der Waals surface area contributed by atoms with Crippen LogP contribution in [0.2, 0.25) is 0 Å². The molecular weight excluding hydrogens is 162 g/mol. The van der Waals surface area contributed by atoms with Crippen LogP contribution in [0.3, 0.4) is 0 Å². The molecule has 1 rings (SSSR count). The molecule has 0 atom stereocenters. The number of amides is 1. The molecule has 0 aliphatic rings. The standard InChI is InChI=1S/C11H15NO.H2/c1-11(2,3)10(13)12-9-7-5-4-6-8-9;/h4-8H,1-3H3,(H,12,13);1H. The number of carbonyl (C=O) groups excluding carboxylic acids is 1. The summed E-state index contributed by atoms with van der Waals surface area (Å²) in [5.74, 6) is 0.0405. The van der Waals surface area contributed by atoms with E-state index in [4.69, 9.17) is 0 Å². The molecule has 0 aromatic heterocycles. The molecular formula is C11H17NO. The quantitative estimate of drug-likeness (QED) is 0.705. The Labute approximate surface area is 80.5 Å². The van der Waals surface area contributed by atoms with Crippen molar-refractivity contribution in [2.75, 3.05) is 5.32 Å². The van der Waals surface area contributed by atoms with Crippen LogP contribution in [0.1, 0.15) is 22.2 Å². The normalized spacial score (nSPS) is 11.0. The van der Waals surface area contributed by atoms with E-state index in [-0.39, 0.29) is 12.7 Å². The Balaban J connectivity index is 0.00000169. The van der Waals surface area contributed by atoms with Crippen molar-refractivity contribution in [3.8, 4) is 0 Å². The lowest BCUT2D eigenvalue weighted by atomic mass is 9.95. The fraction of sp³-hybridized carbons (Fsp3) is 0.364. The van der Waals surface area contributed by atoms with Crippen LogP contribution < -0.4 is 5.32 Å². The van der Waals surface area contributed by atoms with Gasteiger partial charge in [-0.1, -0.05) is 39.0 Å². The molecule has 0 bridgehead atoms. The van der Waals surface area contributed by atoms with Gasteiger partial charge in [0.15, 0.2) is 0 Å². The van der Waals surface area contributed by atoms with Crippen molar-refractivity contribution in [3.05, 3.63) is 30.3 Å². The molecule has 13 heavy (non-hydrogen) atoms. The minimum atomic E-state index is -0.337. The van der Waals surface area contributed by atoms with Crippen LogP contribution in [-0.4, -0.2) is 5.91 Å². The third kappa shape index (κ3) is 2.90. The summed E-state index contributed by atoms with van der Waals surface area (Å²) in [5.41, 5.74) is 0.512. The van der Waals surface area contributed by atoms with E-state index < -0.39 is 0 Å². The lowest BCUT2D eigenvalue weighted by Crippen LogP contribution is -2.27. The van der Waals surface area contributed by atoms with Crippen molar-refractivity contribution in [2.45, 2.75) is 20.8 Å². The largest absolute Gasteiger partial charge is 0.326 e. The number of hydrogen-bond donors (Lipinski definition) is 1. The van der Waals surface area contributed by atoms with Crippen molar-refractivity contribution in [2.24, 2.45) is 5.41 Å². The number of benzene rings is 1. The Morgan fingerprint density at radius 3 is 2.23 bits per heavy atom. The lowest BCUT2D eigenvalue weighted by molar-refractivity contribution is -0.123. The summed E-state index contributed by atoms with van der Waals surface area (Å²) in [6.45, 7) is 5.68. The first kappa shape index (κ1) is 9.78. The van der Waals surface area contributed by atoms with Gasteiger partial charge in [0.25, 0.3) is 0 Å². The predicted octanol–water partition coefficient (Wildman–Crippen LogP) is 2.92. The van der Waals surface area contributed by atoms with E-state index in [1.54, 1.807) is 0 Å². The highest BCUT2D eigenvalue weighted by molar-refractivity contribution is 5.94. The second-order valence-corrected chi connectivity index (χ2v) is 4.07. The molecule has 0 fully saturated rings. The van der Waals surface area contributed by atoms with E-state index in [0.29, 0.717) is 0 Å². The molecule has 2 heteroatoms. The van der Waals surface area contributed by atoms with Gasteiger partial charge in [0.2, 0.25) is 5.91 Å². The first-order chi connectivity index (χ1) is 6.00. The van der Waals surface area contributed by atoms with Crippen molar-refractivity contribution >= 4 is 11.6 Å². The van der Waals surface area contributed by atoms with Gasteiger partial charge >= 0.3 is 0 Å². The molecule has 1 amide bonds. The first-order valence-electron chi connectivity index (χ1n) is 4.36. The minimum Gasteiger partial charge on any atom is -0.326 e. The van der Waals surface area contributed by atoms with Gasteiger partial charge in [-0.25, -0.2) is 0 Å². The number of carbonyl (C=O) groups is 1. The Hall–Kier alpha value is -1.31. The molecule has 0 saturated carbocycles. The molecule has 0 aliphatic carbocycles. The zero-order chi connectivity index (χ0) is 9.90. The molecule has 0 spiro atoms. The van der Waals surface area contributed by atoms with Gasteiger partial charge < -0.3 is 5.32 Å². The molecule has 0 unspecified atom stereocenters. The summed E-state index contributed by atoms with van der Waals surface area (Å²) >= 11 is 0.